The molecule has 0 bridgehead atoms. The van der Waals surface area contributed by atoms with E-state index >= 15 is 0 Å². The molecule has 0 atom stereocenters. The van der Waals surface area contributed by atoms with Crippen molar-refractivity contribution in [1.29, 1.82) is 0 Å². The van der Waals surface area contributed by atoms with Gasteiger partial charge in [0, 0.05) is 11.3 Å². The van der Waals surface area contributed by atoms with Crippen LogP contribution in [0.1, 0.15) is 17.0 Å². The van der Waals surface area contributed by atoms with Crippen molar-refractivity contribution in [2.75, 3.05) is 18.8 Å². The Hall–Kier alpha value is -2.03. The first-order chi connectivity index (χ1) is 9.81. The molecule has 116 valence electrons. The molecule has 1 aromatic heterocycles. The SMILES string of the molecule is Cc1noc(C)c1CSCC(=O)N(CC(=O)O)CC(=O)O. The summed E-state index contributed by atoms with van der Waals surface area (Å²) in [5.74, 6) is -1.89. The topological polar surface area (TPSA) is 121 Å². The van der Waals surface area contributed by atoms with Crippen LogP contribution in [-0.4, -0.2) is 57.0 Å². The Labute approximate surface area is 125 Å². The van der Waals surface area contributed by atoms with Crippen LogP contribution in [0.5, 0.6) is 0 Å². The van der Waals surface area contributed by atoms with Crippen LogP contribution < -0.4 is 0 Å². The average molecular weight is 316 g/mol. The average Bonchev–Trinajstić information content (AvgIpc) is 2.68. The maximum atomic E-state index is 11.9. The second kappa shape index (κ2) is 7.67. The van der Waals surface area contributed by atoms with Crippen LogP contribution in [0.4, 0.5) is 0 Å². The van der Waals surface area contributed by atoms with Crippen molar-refractivity contribution >= 4 is 29.6 Å². The van der Waals surface area contributed by atoms with Crippen LogP contribution in [0.25, 0.3) is 0 Å². The normalized spacial score (nSPS) is 10.4. The van der Waals surface area contributed by atoms with Crippen molar-refractivity contribution in [3.05, 3.63) is 17.0 Å². The number of amides is 1. The van der Waals surface area contributed by atoms with Gasteiger partial charge in [0.15, 0.2) is 0 Å². The molecule has 0 aromatic carbocycles. The Morgan fingerprint density at radius 2 is 1.76 bits per heavy atom. The van der Waals surface area contributed by atoms with Crippen LogP contribution in [0.2, 0.25) is 0 Å². The van der Waals surface area contributed by atoms with Gasteiger partial charge in [-0.05, 0) is 13.8 Å². The van der Waals surface area contributed by atoms with Gasteiger partial charge in [0.1, 0.15) is 18.8 Å². The number of hydrogen-bond donors (Lipinski definition) is 2. The highest BCUT2D eigenvalue weighted by Crippen LogP contribution is 2.19. The number of carbonyl (C=O) groups is 3. The van der Waals surface area contributed by atoms with E-state index in [0.29, 0.717) is 11.5 Å². The second-order valence-electron chi connectivity index (χ2n) is 4.33. The van der Waals surface area contributed by atoms with E-state index in [0.717, 1.165) is 16.2 Å². The predicted octanol–water partition coefficient (Wildman–Crippen LogP) is 0.522. The summed E-state index contributed by atoms with van der Waals surface area (Å²) in [6, 6.07) is 0. The maximum absolute atomic E-state index is 11.9. The van der Waals surface area contributed by atoms with E-state index in [1.54, 1.807) is 13.8 Å². The number of carboxylic acid groups (broad SMARTS) is 2. The standard InChI is InChI=1S/C12H16N2O6S/c1-7-9(8(2)20-13-7)5-21-6-10(15)14(3-11(16)17)4-12(18)19/h3-6H2,1-2H3,(H,16,17)(H,18,19). The van der Waals surface area contributed by atoms with Crippen molar-refractivity contribution in [3.8, 4) is 0 Å². The summed E-state index contributed by atoms with van der Waals surface area (Å²) < 4.78 is 4.99. The Morgan fingerprint density at radius 3 is 2.19 bits per heavy atom. The van der Waals surface area contributed by atoms with E-state index in [-0.39, 0.29) is 5.75 Å². The molecule has 0 radical (unpaired) electrons. The van der Waals surface area contributed by atoms with Crippen molar-refractivity contribution in [3.63, 3.8) is 0 Å². The first-order valence-electron chi connectivity index (χ1n) is 6.02. The Balaban J connectivity index is 2.53. The molecule has 0 saturated heterocycles. The number of aliphatic carboxylic acids is 2. The number of carbonyl (C=O) groups excluding carboxylic acids is 1. The molecule has 9 heteroatoms. The van der Waals surface area contributed by atoms with Crippen LogP contribution >= 0.6 is 11.8 Å². The highest BCUT2D eigenvalue weighted by atomic mass is 32.2. The Bertz CT molecular complexity index is 506. The Morgan fingerprint density at radius 1 is 1.19 bits per heavy atom. The third kappa shape index (κ3) is 5.46. The molecule has 2 N–H and O–H groups in total. The third-order valence-electron chi connectivity index (χ3n) is 2.66. The molecule has 0 aliphatic carbocycles. The van der Waals surface area contributed by atoms with Gasteiger partial charge < -0.3 is 19.6 Å². The Kier molecular flexibility index (Phi) is 6.22. The van der Waals surface area contributed by atoms with Gasteiger partial charge in [-0.25, -0.2) is 0 Å². The van der Waals surface area contributed by atoms with Gasteiger partial charge in [-0.3, -0.25) is 14.4 Å². The number of nitrogens with zero attached hydrogens (tertiary/aromatic N) is 2. The zero-order valence-corrected chi connectivity index (χ0v) is 12.5. The van der Waals surface area contributed by atoms with Gasteiger partial charge in [-0.15, -0.1) is 11.8 Å². The lowest BCUT2D eigenvalue weighted by molar-refractivity contribution is -0.148. The molecule has 0 aliphatic heterocycles. The molecule has 1 rings (SSSR count). The summed E-state index contributed by atoms with van der Waals surface area (Å²) in [4.78, 5) is 33.9. The van der Waals surface area contributed by atoms with Gasteiger partial charge in [-0.1, -0.05) is 5.16 Å². The molecular formula is C12H16N2O6S. The zero-order chi connectivity index (χ0) is 16.0. The van der Waals surface area contributed by atoms with Crippen LogP contribution in [0.15, 0.2) is 4.52 Å². The summed E-state index contributed by atoms with van der Waals surface area (Å²) >= 11 is 1.25. The predicted molar refractivity (Wildman–Crippen MR) is 74.0 cm³/mol. The van der Waals surface area contributed by atoms with E-state index < -0.39 is 30.9 Å². The molecule has 0 aliphatic rings. The van der Waals surface area contributed by atoms with Gasteiger partial charge in [-0.2, -0.15) is 0 Å². The highest BCUT2D eigenvalue weighted by Gasteiger charge is 2.20. The highest BCUT2D eigenvalue weighted by molar-refractivity contribution is 7.99. The molecule has 0 unspecified atom stereocenters. The van der Waals surface area contributed by atoms with Crippen LogP contribution in [-0.2, 0) is 20.1 Å². The zero-order valence-electron chi connectivity index (χ0n) is 11.7. The van der Waals surface area contributed by atoms with E-state index in [1.807, 2.05) is 0 Å². The smallest absolute Gasteiger partial charge is 0.323 e. The lowest BCUT2D eigenvalue weighted by Crippen LogP contribution is -2.40. The molecule has 21 heavy (non-hydrogen) atoms. The van der Waals surface area contributed by atoms with Gasteiger partial charge in [0.25, 0.3) is 0 Å². The van der Waals surface area contributed by atoms with Crippen molar-refractivity contribution in [2.45, 2.75) is 19.6 Å². The van der Waals surface area contributed by atoms with Crippen molar-refractivity contribution in [2.24, 2.45) is 0 Å². The largest absolute Gasteiger partial charge is 0.480 e. The molecule has 0 spiro atoms. The molecule has 0 saturated carbocycles. The first-order valence-corrected chi connectivity index (χ1v) is 7.17. The van der Waals surface area contributed by atoms with Crippen molar-refractivity contribution in [1.82, 2.24) is 10.1 Å². The van der Waals surface area contributed by atoms with E-state index in [2.05, 4.69) is 5.16 Å². The summed E-state index contributed by atoms with van der Waals surface area (Å²) in [5.41, 5.74) is 1.62. The van der Waals surface area contributed by atoms with Gasteiger partial charge in [0.05, 0.1) is 11.4 Å². The summed E-state index contributed by atoms with van der Waals surface area (Å²) in [7, 11) is 0. The van der Waals surface area contributed by atoms with Crippen LogP contribution in [0.3, 0.4) is 0 Å². The number of hydrogen-bond acceptors (Lipinski definition) is 6. The second-order valence-corrected chi connectivity index (χ2v) is 5.32. The summed E-state index contributed by atoms with van der Waals surface area (Å²) in [6.07, 6.45) is 0. The molecule has 8 nitrogen and oxygen atoms in total. The molecular weight excluding hydrogens is 300 g/mol. The van der Waals surface area contributed by atoms with E-state index in [4.69, 9.17) is 14.7 Å². The van der Waals surface area contributed by atoms with E-state index in [1.165, 1.54) is 11.8 Å². The molecule has 1 amide bonds. The summed E-state index contributed by atoms with van der Waals surface area (Å²) in [6.45, 7) is 2.29. The minimum atomic E-state index is -1.25. The van der Waals surface area contributed by atoms with Gasteiger partial charge >= 0.3 is 11.9 Å². The van der Waals surface area contributed by atoms with Crippen LogP contribution in [0, 0.1) is 13.8 Å². The number of aryl methyl sites for hydroxylation is 2. The minimum absolute atomic E-state index is 0.00931. The lowest BCUT2D eigenvalue weighted by Gasteiger charge is -2.18. The number of carboxylic acids is 2. The van der Waals surface area contributed by atoms with E-state index in [9.17, 15) is 14.4 Å². The molecule has 1 heterocycles. The fraction of sp³-hybridized carbons (Fsp3) is 0.500. The lowest BCUT2D eigenvalue weighted by atomic mass is 10.2. The number of aromatic nitrogens is 1. The quantitative estimate of drug-likeness (QED) is 0.712. The number of thioether (sulfide) groups is 1. The van der Waals surface area contributed by atoms with Crippen molar-refractivity contribution < 1.29 is 29.1 Å². The summed E-state index contributed by atoms with van der Waals surface area (Å²) in [5, 5.41) is 21.1. The fourth-order valence-corrected chi connectivity index (χ4v) is 2.67. The first kappa shape index (κ1) is 17.0. The maximum Gasteiger partial charge on any atom is 0.323 e. The van der Waals surface area contributed by atoms with Gasteiger partial charge in [0.2, 0.25) is 5.91 Å². The fourth-order valence-electron chi connectivity index (χ4n) is 1.60. The number of rotatable bonds is 8. The monoisotopic (exact) mass is 316 g/mol. The third-order valence-corrected chi connectivity index (χ3v) is 3.60. The molecule has 0 fully saturated rings. The minimum Gasteiger partial charge on any atom is -0.480 e. The molecule has 1 aromatic rings.